The van der Waals surface area contributed by atoms with Gasteiger partial charge in [0, 0.05) is 23.1 Å². The molecule has 3 rings (SSSR count). The topological polar surface area (TPSA) is 81.4 Å². The van der Waals surface area contributed by atoms with E-state index in [4.69, 9.17) is 16.3 Å². The Morgan fingerprint density at radius 2 is 1.97 bits per heavy atom. The molecular weight excluding hydrogens is 404 g/mol. The molecule has 1 atom stereocenters. The summed E-state index contributed by atoms with van der Waals surface area (Å²) >= 11 is 6.10. The van der Waals surface area contributed by atoms with E-state index in [-0.39, 0.29) is 23.0 Å². The maximum Gasteiger partial charge on any atom is 0.339 e. The number of methoxy groups -OCH3 is 1. The fourth-order valence-corrected chi connectivity index (χ4v) is 3.55. The third-order valence-corrected chi connectivity index (χ3v) is 5.26. The predicted molar refractivity (Wildman–Crippen MR) is 115 cm³/mol. The molecule has 0 radical (unpaired) electrons. The van der Waals surface area contributed by atoms with Crippen LogP contribution in [0.5, 0.6) is 5.75 Å². The second-order valence-electron chi connectivity index (χ2n) is 7.12. The number of benzene rings is 2. The van der Waals surface area contributed by atoms with E-state index in [2.05, 4.69) is 5.10 Å². The lowest BCUT2D eigenvalue weighted by atomic mass is 9.92. The Morgan fingerprint density at radius 3 is 2.63 bits per heavy atom. The molecule has 0 aliphatic carbocycles. The summed E-state index contributed by atoms with van der Waals surface area (Å²) in [4.78, 5) is 24.1. The van der Waals surface area contributed by atoms with Gasteiger partial charge in [0.25, 0.3) is 0 Å². The first-order valence-corrected chi connectivity index (χ1v) is 9.93. The van der Waals surface area contributed by atoms with Gasteiger partial charge in [0.15, 0.2) is 0 Å². The number of rotatable bonds is 8. The van der Waals surface area contributed by atoms with Gasteiger partial charge in [-0.25, -0.2) is 9.48 Å². The molecule has 0 fully saturated rings. The first kappa shape index (κ1) is 21.6. The molecule has 0 amide bonds. The molecule has 0 bridgehead atoms. The van der Waals surface area contributed by atoms with Crippen molar-refractivity contribution < 1.29 is 19.4 Å². The summed E-state index contributed by atoms with van der Waals surface area (Å²) in [5.41, 5.74) is 3.43. The Bertz CT molecular complexity index is 1090. The highest BCUT2D eigenvalue weighted by Crippen LogP contribution is 2.27. The highest BCUT2D eigenvalue weighted by molar-refractivity contribution is 6.30. The minimum absolute atomic E-state index is 0.0524. The maximum atomic E-state index is 12.8. The molecule has 2 aromatic carbocycles. The number of hydrogen-bond donors (Lipinski definition) is 1. The monoisotopic (exact) mass is 426 g/mol. The second-order valence-corrected chi connectivity index (χ2v) is 7.56. The molecular formula is C23H23ClN2O4. The fraction of sp³-hybridized carbons (Fsp3) is 0.261. The van der Waals surface area contributed by atoms with Crippen LogP contribution in [-0.4, -0.2) is 33.7 Å². The van der Waals surface area contributed by atoms with Crippen molar-refractivity contribution in [3.05, 3.63) is 76.1 Å². The molecule has 1 N–H and O–H groups in total. The molecule has 0 saturated carbocycles. The van der Waals surface area contributed by atoms with E-state index in [1.165, 1.54) is 13.2 Å². The van der Waals surface area contributed by atoms with E-state index in [1.54, 1.807) is 18.2 Å². The number of carbonyl (C=O) groups is 2. The Hall–Kier alpha value is -3.12. The van der Waals surface area contributed by atoms with Crippen molar-refractivity contribution in [2.75, 3.05) is 7.11 Å². The molecule has 1 unspecified atom stereocenters. The predicted octanol–water partition coefficient (Wildman–Crippen LogP) is 4.85. The minimum atomic E-state index is -1.07. The maximum absolute atomic E-state index is 12.8. The number of carbonyl (C=O) groups excluding carboxylic acids is 1. The van der Waals surface area contributed by atoms with E-state index in [0.717, 1.165) is 22.6 Å². The first-order chi connectivity index (χ1) is 14.3. The lowest BCUT2D eigenvalue weighted by Crippen LogP contribution is -2.12. The summed E-state index contributed by atoms with van der Waals surface area (Å²) in [6.45, 7) is 3.72. The molecule has 6 nitrogen and oxygen atoms in total. The number of halogens is 1. The number of carboxylic acids is 1. The van der Waals surface area contributed by atoms with Crippen LogP contribution in [-0.2, 0) is 11.2 Å². The number of hydrogen-bond acceptors (Lipinski definition) is 4. The van der Waals surface area contributed by atoms with Crippen molar-refractivity contribution >= 4 is 23.4 Å². The van der Waals surface area contributed by atoms with Gasteiger partial charge in [0.05, 0.1) is 18.5 Å². The number of nitrogens with zero attached hydrogens (tertiary/aromatic N) is 2. The lowest BCUT2D eigenvalue weighted by molar-refractivity contribution is -0.120. The van der Waals surface area contributed by atoms with Crippen molar-refractivity contribution in [1.82, 2.24) is 9.78 Å². The number of aryl methyl sites for hydroxylation is 2. The number of aromatic nitrogens is 2. The molecule has 30 heavy (non-hydrogen) atoms. The van der Waals surface area contributed by atoms with E-state index in [9.17, 15) is 14.7 Å². The lowest BCUT2D eigenvalue weighted by Gasteiger charge is -2.14. The van der Waals surface area contributed by atoms with Crippen LogP contribution in [0.25, 0.3) is 5.69 Å². The highest BCUT2D eigenvalue weighted by Gasteiger charge is 2.20. The summed E-state index contributed by atoms with van der Waals surface area (Å²) in [5, 5.41) is 14.4. The van der Waals surface area contributed by atoms with Gasteiger partial charge in [-0.1, -0.05) is 30.7 Å². The van der Waals surface area contributed by atoms with E-state index < -0.39 is 5.97 Å². The number of Topliss-reactive ketones (excluding diaryl/α,β-unsaturated/α-hetero) is 1. The van der Waals surface area contributed by atoms with Gasteiger partial charge in [0.2, 0.25) is 0 Å². The van der Waals surface area contributed by atoms with Crippen LogP contribution in [0, 0.1) is 6.92 Å². The first-order valence-electron chi connectivity index (χ1n) is 9.55. The third-order valence-electron chi connectivity index (χ3n) is 5.02. The normalized spacial score (nSPS) is 11.9. The summed E-state index contributed by atoms with van der Waals surface area (Å²) in [7, 11) is 1.41. The smallest absolute Gasteiger partial charge is 0.339 e. The summed E-state index contributed by atoms with van der Waals surface area (Å²) in [6, 6.07) is 14.1. The summed E-state index contributed by atoms with van der Waals surface area (Å²) in [6.07, 6.45) is 0.858. The largest absolute Gasteiger partial charge is 0.496 e. The van der Waals surface area contributed by atoms with Gasteiger partial charge in [-0.05, 0) is 55.3 Å². The summed E-state index contributed by atoms with van der Waals surface area (Å²) in [5.74, 6) is -1.15. The van der Waals surface area contributed by atoms with Crippen LogP contribution in [0.3, 0.4) is 0 Å². The van der Waals surface area contributed by atoms with Crippen molar-refractivity contribution in [1.29, 1.82) is 0 Å². The molecule has 0 spiro atoms. The molecule has 0 saturated heterocycles. The minimum Gasteiger partial charge on any atom is -0.496 e. The van der Waals surface area contributed by atoms with Crippen LogP contribution < -0.4 is 4.74 Å². The Labute approximate surface area is 180 Å². The number of aromatic carboxylic acids is 1. The molecule has 156 valence electrons. The van der Waals surface area contributed by atoms with Crippen LogP contribution in [0.1, 0.15) is 46.6 Å². The molecule has 0 aliphatic heterocycles. The molecule has 1 heterocycles. The van der Waals surface area contributed by atoms with Gasteiger partial charge < -0.3 is 9.84 Å². The van der Waals surface area contributed by atoms with Crippen LogP contribution in [0.15, 0.2) is 48.5 Å². The van der Waals surface area contributed by atoms with E-state index in [1.807, 2.05) is 42.8 Å². The molecule has 3 aromatic rings. The molecule has 1 aromatic heterocycles. The van der Waals surface area contributed by atoms with Crippen LogP contribution >= 0.6 is 11.6 Å². The van der Waals surface area contributed by atoms with E-state index in [0.29, 0.717) is 17.9 Å². The van der Waals surface area contributed by atoms with Crippen molar-refractivity contribution in [2.45, 2.75) is 32.6 Å². The van der Waals surface area contributed by atoms with E-state index >= 15 is 0 Å². The van der Waals surface area contributed by atoms with Gasteiger partial charge in [0.1, 0.15) is 17.1 Å². The van der Waals surface area contributed by atoms with Gasteiger partial charge in [-0.15, -0.1) is 0 Å². The second kappa shape index (κ2) is 9.13. The SMILES string of the molecule is COc1cc(C(C)C(=O)CCc2cc(C)nn2-c2cccc(Cl)c2)ccc1C(=O)O. The standard InChI is InChI=1S/C23H23ClN2O4/c1-14-11-19(26(25-14)18-6-4-5-17(24)13-18)8-10-21(27)15(2)16-7-9-20(23(28)29)22(12-16)30-3/h4-7,9,11-13,15H,8,10H2,1-3H3,(H,28,29). The quantitative estimate of drug-likeness (QED) is 0.557. The van der Waals surface area contributed by atoms with Gasteiger partial charge in [-0.3, -0.25) is 4.79 Å². The zero-order valence-electron chi connectivity index (χ0n) is 17.1. The average molecular weight is 427 g/mol. The average Bonchev–Trinajstić information content (AvgIpc) is 3.11. The Morgan fingerprint density at radius 1 is 1.20 bits per heavy atom. The number of ether oxygens (including phenoxy) is 1. The Kier molecular flexibility index (Phi) is 6.57. The molecule has 0 aliphatic rings. The van der Waals surface area contributed by atoms with Crippen molar-refractivity contribution in [2.24, 2.45) is 0 Å². The number of ketones is 1. The van der Waals surface area contributed by atoms with Crippen LogP contribution in [0.4, 0.5) is 0 Å². The van der Waals surface area contributed by atoms with Crippen LogP contribution in [0.2, 0.25) is 5.02 Å². The zero-order valence-corrected chi connectivity index (χ0v) is 17.8. The van der Waals surface area contributed by atoms with Gasteiger partial charge >= 0.3 is 5.97 Å². The highest BCUT2D eigenvalue weighted by atomic mass is 35.5. The summed E-state index contributed by atoms with van der Waals surface area (Å²) < 4.78 is 6.98. The van der Waals surface area contributed by atoms with Crippen molar-refractivity contribution in [3.63, 3.8) is 0 Å². The van der Waals surface area contributed by atoms with Crippen molar-refractivity contribution in [3.8, 4) is 11.4 Å². The fourth-order valence-electron chi connectivity index (χ4n) is 3.37. The number of carboxylic acid groups (broad SMARTS) is 1. The van der Waals surface area contributed by atoms with Gasteiger partial charge in [-0.2, -0.15) is 5.10 Å². The zero-order chi connectivity index (χ0) is 21.8. The third kappa shape index (κ3) is 4.71. The molecule has 7 heteroatoms. The Balaban J connectivity index is 1.76.